The number of nitrogens with zero attached hydrogens (tertiary/aromatic N) is 5. The number of fused-ring (bicyclic) bond motifs is 1. The zero-order chi connectivity index (χ0) is 20.5. The Labute approximate surface area is 174 Å². The normalized spacial score (nSPS) is 16.6. The number of amides is 1. The lowest BCUT2D eigenvalue weighted by molar-refractivity contribution is -0.129. The van der Waals surface area contributed by atoms with Crippen molar-refractivity contribution in [2.24, 2.45) is 0 Å². The molecule has 7 nitrogen and oxygen atoms in total. The average molecular weight is 412 g/mol. The van der Waals surface area contributed by atoms with Crippen molar-refractivity contribution >= 4 is 23.4 Å². The number of rotatable bonds is 5. The van der Waals surface area contributed by atoms with Crippen molar-refractivity contribution in [1.82, 2.24) is 24.5 Å². The van der Waals surface area contributed by atoms with E-state index < -0.39 is 0 Å². The number of ether oxygens (including phenoxy) is 1. The molecule has 2 aromatic heterocycles. The Hall–Kier alpha value is -2.61. The predicted octanol–water partition coefficient (Wildman–Crippen LogP) is 3.03. The molecule has 0 saturated carbocycles. The number of thioether (sulfide) groups is 1. The number of carbonyl (C=O) groups is 1. The van der Waals surface area contributed by atoms with Crippen LogP contribution in [0.4, 0.5) is 0 Å². The Morgan fingerprint density at radius 1 is 1.24 bits per heavy atom. The third-order valence-electron chi connectivity index (χ3n) is 5.67. The Morgan fingerprint density at radius 3 is 2.69 bits per heavy atom. The first-order chi connectivity index (χ1) is 14.0. The van der Waals surface area contributed by atoms with E-state index in [4.69, 9.17) is 4.74 Å². The average Bonchev–Trinajstić information content (AvgIpc) is 3.38. The van der Waals surface area contributed by atoms with Crippen LogP contribution in [0.25, 0.3) is 5.78 Å². The van der Waals surface area contributed by atoms with Crippen molar-refractivity contribution < 1.29 is 9.53 Å². The molecule has 4 rings (SSSR count). The summed E-state index contributed by atoms with van der Waals surface area (Å²) in [5, 5.41) is 5.16. The minimum Gasteiger partial charge on any atom is -0.497 e. The fourth-order valence-corrected chi connectivity index (χ4v) is 4.27. The van der Waals surface area contributed by atoms with Crippen molar-refractivity contribution in [3.05, 3.63) is 46.8 Å². The van der Waals surface area contributed by atoms with E-state index >= 15 is 0 Å². The van der Waals surface area contributed by atoms with Gasteiger partial charge in [0.25, 0.3) is 5.78 Å². The summed E-state index contributed by atoms with van der Waals surface area (Å²) in [6, 6.07) is 8.15. The first kappa shape index (κ1) is 19.7. The summed E-state index contributed by atoms with van der Waals surface area (Å²) in [5.74, 6) is 1.94. The molecular formula is C21H25N5O2S. The number of benzene rings is 1. The van der Waals surface area contributed by atoms with Gasteiger partial charge in [0, 0.05) is 36.0 Å². The van der Waals surface area contributed by atoms with Crippen molar-refractivity contribution in [3.63, 3.8) is 0 Å². The van der Waals surface area contributed by atoms with Crippen LogP contribution < -0.4 is 4.74 Å². The summed E-state index contributed by atoms with van der Waals surface area (Å²) in [6.45, 7) is 5.45. The van der Waals surface area contributed by atoms with Gasteiger partial charge in [-0.3, -0.25) is 4.79 Å². The molecule has 8 heteroatoms. The topological polar surface area (TPSA) is 72.6 Å². The molecule has 1 amide bonds. The standard InChI is InChI=1S/C21H25N5O2S/c1-13-18(14(2)26-20(22-13)23-21(24-26)29-4)11-19(27)25-10-9-16(12-25)15-5-7-17(28-3)8-6-15/h5-8,16H,9-12H2,1-4H3. The van der Waals surface area contributed by atoms with E-state index in [-0.39, 0.29) is 5.91 Å². The maximum atomic E-state index is 13.0. The lowest BCUT2D eigenvalue weighted by atomic mass is 9.98. The van der Waals surface area contributed by atoms with E-state index in [9.17, 15) is 4.79 Å². The lowest BCUT2D eigenvalue weighted by Crippen LogP contribution is -2.30. The van der Waals surface area contributed by atoms with Gasteiger partial charge in [-0.15, -0.1) is 5.10 Å². The Balaban J connectivity index is 1.49. The lowest BCUT2D eigenvalue weighted by Gasteiger charge is -2.18. The molecule has 3 aromatic rings. The fourth-order valence-electron chi connectivity index (χ4n) is 3.93. The smallest absolute Gasteiger partial charge is 0.253 e. The fraction of sp³-hybridized carbons (Fsp3) is 0.429. The largest absolute Gasteiger partial charge is 0.497 e. The van der Waals surface area contributed by atoms with Gasteiger partial charge in [0.2, 0.25) is 11.1 Å². The molecule has 1 aliphatic heterocycles. The highest BCUT2D eigenvalue weighted by Crippen LogP contribution is 2.29. The van der Waals surface area contributed by atoms with Crippen LogP contribution in [0, 0.1) is 13.8 Å². The van der Waals surface area contributed by atoms with Gasteiger partial charge in [-0.25, -0.2) is 9.50 Å². The molecular weight excluding hydrogens is 386 g/mol. The van der Waals surface area contributed by atoms with Crippen LogP contribution in [-0.2, 0) is 11.2 Å². The molecule has 152 valence electrons. The van der Waals surface area contributed by atoms with E-state index in [1.54, 1.807) is 11.6 Å². The number of aromatic nitrogens is 4. The number of likely N-dealkylation sites (tertiary alicyclic amines) is 1. The number of methoxy groups -OCH3 is 1. The molecule has 1 aliphatic rings. The second kappa shape index (κ2) is 8.02. The number of hydrogen-bond donors (Lipinski definition) is 0. The third kappa shape index (κ3) is 3.81. The number of hydrogen-bond acceptors (Lipinski definition) is 6. The molecule has 0 N–H and O–H groups in total. The second-order valence-electron chi connectivity index (χ2n) is 7.35. The molecule has 0 aliphatic carbocycles. The molecule has 3 heterocycles. The molecule has 0 radical (unpaired) electrons. The molecule has 1 fully saturated rings. The van der Waals surface area contributed by atoms with Crippen LogP contribution in [0.1, 0.15) is 34.9 Å². The van der Waals surface area contributed by atoms with Gasteiger partial charge in [0.05, 0.1) is 13.5 Å². The van der Waals surface area contributed by atoms with Crippen LogP contribution in [0.15, 0.2) is 29.4 Å². The zero-order valence-electron chi connectivity index (χ0n) is 17.2. The minimum absolute atomic E-state index is 0.138. The highest BCUT2D eigenvalue weighted by Gasteiger charge is 2.28. The van der Waals surface area contributed by atoms with Crippen molar-refractivity contribution in [2.75, 3.05) is 26.5 Å². The molecule has 1 saturated heterocycles. The van der Waals surface area contributed by atoms with E-state index in [1.165, 1.54) is 17.3 Å². The highest BCUT2D eigenvalue weighted by molar-refractivity contribution is 7.98. The highest BCUT2D eigenvalue weighted by atomic mass is 32.2. The quantitative estimate of drug-likeness (QED) is 0.601. The van der Waals surface area contributed by atoms with E-state index in [0.29, 0.717) is 23.3 Å². The first-order valence-corrected chi connectivity index (χ1v) is 10.9. The number of carbonyl (C=O) groups excluding carboxylic acids is 1. The molecule has 1 aromatic carbocycles. The van der Waals surface area contributed by atoms with Gasteiger partial charge < -0.3 is 9.64 Å². The molecule has 0 bridgehead atoms. The van der Waals surface area contributed by atoms with Crippen LogP contribution in [-0.4, -0.2) is 56.8 Å². The molecule has 1 atom stereocenters. The van der Waals surface area contributed by atoms with Crippen LogP contribution in [0.2, 0.25) is 0 Å². The first-order valence-electron chi connectivity index (χ1n) is 9.68. The van der Waals surface area contributed by atoms with Crippen LogP contribution in [0.3, 0.4) is 0 Å². The van der Waals surface area contributed by atoms with Gasteiger partial charge in [0.1, 0.15) is 5.75 Å². The van der Waals surface area contributed by atoms with Gasteiger partial charge >= 0.3 is 0 Å². The zero-order valence-corrected chi connectivity index (χ0v) is 18.0. The second-order valence-corrected chi connectivity index (χ2v) is 8.12. The molecule has 1 unspecified atom stereocenters. The summed E-state index contributed by atoms with van der Waals surface area (Å²) in [7, 11) is 1.67. The molecule has 0 spiro atoms. The Bertz CT molecular complexity index is 1050. The summed E-state index contributed by atoms with van der Waals surface area (Å²) in [4.78, 5) is 24.0. The van der Waals surface area contributed by atoms with Gasteiger partial charge in [-0.1, -0.05) is 23.9 Å². The van der Waals surface area contributed by atoms with E-state index in [2.05, 4.69) is 27.2 Å². The van der Waals surface area contributed by atoms with E-state index in [1.807, 2.05) is 37.1 Å². The van der Waals surface area contributed by atoms with Gasteiger partial charge in [0.15, 0.2) is 0 Å². The summed E-state index contributed by atoms with van der Waals surface area (Å²) in [6.07, 6.45) is 3.26. The van der Waals surface area contributed by atoms with Gasteiger partial charge in [-0.2, -0.15) is 4.98 Å². The summed E-state index contributed by atoms with van der Waals surface area (Å²) in [5.41, 5.74) is 3.96. The summed E-state index contributed by atoms with van der Waals surface area (Å²) < 4.78 is 6.98. The Kier molecular flexibility index (Phi) is 5.45. The SMILES string of the molecule is COc1ccc(C2CCN(C(=O)Cc3c(C)nc4nc(SC)nn4c3C)C2)cc1. The predicted molar refractivity (Wildman–Crippen MR) is 113 cm³/mol. The van der Waals surface area contributed by atoms with Crippen molar-refractivity contribution in [1.29, 1.82) is 0 Å². The molecule has 29 heavy (non-hydrogen) atoms. The minimum atomic E-state index is 0.138. The van der Waals surface area contributed by atoms with Crippen LogP contribution in [0.5, 0.6) is 5.75 Å². The maximum Gasteiger partial charge on any atom is 0.253 e. The summed E-state index contributed by atoms with van der Waals surface area (Å²) >= 11 is 1.48. The number of aryl methyl sites for hydroxylation is 2. The van der Waals surface area contributed by atoms with Gasteiger partial charge in [-0.05, 0) is 44.2 Å². The van der Waals surface area contributed by atoms with E-state index in [0.717, 1.165) is 42.2 Å². The third-order valence-corrected chi connectivity index (χ3v) is 6.21. The van der Waals surface area contributed by atoms with Crippen LogP contribution >= 0.6 is 11.8 Å². The maximum absolute atomic E-state index is 13.0. The monoisotopic (exact) mass is 411 g/mol. The van der Waals surface area contributed by atoms with Crippen molar-refractivity contribution in [3.8, 4) is 5.75 Å². The van der Waals surface area contributed by atoms with Crippen molar-refractivity contribution in [2.45, 2.75) is 37.8 Å². The Morgan fingerprint density at radius 2 is 2.00 bits per heavy atom.